The summed E-state index contributed by atoms with van der Waals surface area (Å²) < 4.78 is -1.19. The molecule has 0 atom stereocenters. The number of rotatable bonds is 0. The summed E-state index contributed by atoms with van der Waals surface area (Å²) in [6.07, 6.45) is 0. The van der Waals surface area contributed by atoms with E-state index >= 15 is 0 Å². The average Bonchev–Trinajstić information content (AvgIpc) is 1.25. The van der Waals surface area contributed by atoms with Crippen LogP contribution in [-0.4, -0.2) is 15.0 Å². The standard InChI is InChI=1S/C3H6Cl4Ge/c1-8(2,7)3(4,5)6/h1-2H3. The van der Waals surface area contributed by atoms with Crippen molar-refractivity contribution in [3.63, 3.8) is 0 Å². The van der Waals surface area contributed by atoms with Gasteiger partial charge in [-0.05, 0) is 0 Å². The Labute approximate surface area is 71.0 Å². The summed E-state index contributed by atoms with van der Waals surface area (Å²) in [6.45, 7) is 0. The van der Waals surface area contributed by atoms with E-state index in [-0.39, 0.29) is 0 Å². The predicted molar refractivity (Wildman–Crippen MR) is 43.6 cm³/mol. The second-order valence-corrected chi connectivity index (χ2v) is 18.9. The van der Waals surface area contributed by atoms with Crippen LogP contribution in [0.2, 0.25) is 11.5 Å². The van der Waals surface area contributed by atoms with E-state index < -0.39 is 15.0 Å². The van der Waals surface area contributed by atoms with Crippen molar-refractivity contribution in [2.24, 2.45) is 0 Å². The third-order valence-corrected chi connectivity index (χ3v) is 13.8. The van der Waals surface area contributed by atoms with Crippen molar-refractivity contribution in [3.8, 4) is 0 Å². The molecule has 0 aromatic rings. The fraction of sp³-hybridized carbons (Fsp3) is 1.00. The first kappa shape index (κ1) is 9.70. The normalized spacial score (nSPS) is 14.2. The van der Waals surface area contributed by atoms with E-state index in [1.165, 1.54) is 0 Å². The molecule has 0 rings (SSSR count). The van der Waals surface area contributed by atoms with E-state index in [1.54, 1.807) is 0 Å². The van der Waals surface area contributed by atoms with Crippen LogP contribution in [0.3, 0.4) is 0 Å². The molecule has 0 spiro atoms. The van der Waals surface area contributed by atoms with Crippen LogP contribution in [0.15, 0.2) is 0 Å². The third-order valence-electron chi connectivity index (χ3n) is 0.674. The first-order valence-electron chi connectivity index (χ1n) is 2.01. The van der Waals surface area contributed by atoms with E-state index in [2.05, 4.69) is 0 Å². The van der Waals surface area contributed by atoms with Gasteiger partial charge in [0, 0.05) is 0 Å². The van der Waals surface area contributed by atoms with Crippen LogP contribution in [0.25, 0.3) is 0 Å². The maximum atomic E-state index is 5.80. The van der Waals surface area contributed by atoms with Crippen molar-refractivity contribution in [3.05, 3.63) is 0 Å². The Morgan fingerprint density at radius 2 is 1.25 bits per heavy atom. The van der Waals surface area contributed by atoms with Crippen molar-refractivity contribution in [1.82, 2.24) is 0 Å². The summed E-state index contributed by atoms with van der Waals surface area (Å²) in [5.41, 5.74) is 0. The van der Waals surface area contributed by atoms with E-state index in [0.29, 0.717) is 0 Å². The third kappa shape index (κ3) is 3.02. The van der Waals surface area contributed by atoms with Gasteiger partial charge in [-0.1, -0.05) is 0 Å². The van der Waals surface area contributed by atoms with Crippen molar-refractivity contribution in [2.75, 3.05) is 0 Å². The monoisotopic (exact) mass is 256 g/mol. The van der Waals surface area contributed by atoms with Gasteiger partial charge in [-0.25, -0.2) is 0 Å². The minimum atomic E-state index is -2.54. The van der Waals surface area contributed by atoms with Crippen LogP contribution in [0.1, 0.15) is 0 Å². The van der Waals surface area contributed by atoms with Crippen molar-refractivity contribution < 1.29 is 0 Å². The van der Waals surface area contributed by atoms with Crippen molar-refractivity contribution >= 4 is 57.1 Å². The van der Waals surface area contributed by atoms with Gasteiger partial charge in [0.1, 0.15) is 0 Å². The molecule has 0 heterocycles. The van der Waals surface area contributed by atoms with Crippen LogP contribution in [0.5, 0.6) is 0 Å². The Balaban J connectivity index is 4.02. The molecule has 5 heteroatoms. The molecule has 50 valence electrons. The van der Waals surface area contributed by atoms with Crippen LogP contribution in [0, 0.1) is 0 Å². The zero-order valence-corrected chi connectivity index (χ0v) is 9.63. The zero-order chi connectivity index (χ0) is 7.00. The molecule has 0 aliphatic rings. The molecule has 0 fully saturated rings. The maximum absolute atomic E-state index is 5.80. The van der Waals surface area contributed by atoms with Gasteiger partial charge >= 0.3 is 71.3 Å². The zero-order valence-electron chi connectivity index (χ0n) is 4.51. The Morgan fingerprint density at radius 3 is 1.25 bits per heavy atom. The summed E-state index contributed by atoms with van der Waals surface area (Å²) in [5, 5.41) is 0. The predicted octanol–water partition coefficient (Wildman–Crippen LogP) is 3.34. The molecule has 0 radical (unpaired) electrons. The van der Waals surface area contributed by atoms with Gasteiger partial charge in [-0.3, -0.25) is 0 Å². The van der Waals surface area contributed by atoms with Gasteiger partial charge < -0.3 is 0 Å². The van der Waals surface area contributed by atoms with E-state index in [1.807, 2.05) is 11.5 Å². The van der Waals surface area contributed by atoms with Gasteiger partial charge in [0.15, 0.2) is 0 Å². The van der Waals surface area contributed by atoms with Crippen LogP contribution < -0.4 is 0 Å². The van der Waals surface area contributed by atoms with Crippen LogP contribution in [-0.2, 0) is 0 Å². The summed E-state index contributed by atoms with van der Waals surface area (Å²) in [6, 6.07) is 0. The molecular formula is C3H6Cl4Ge. The molecule has 8 heavy (non-hydrogen) atoms. The Hall–Kier alpha value is 1.70. The molecule has 0 bridgehead atoms. The Bertz CT molecular complexity index is 66.3. The summed E-state index contributed by atoms with van der Waals surface area (Å²) in [4.78, 5) is 0. The number of halogens is 4. The SMILES string of the molecule is [CH3][Ge]([CH3])([Cl])[C](Cl)(Cl)Cl. The molecule has 0 saturated carbocycles. The molecular weight excluding hydrogens is 250 g/mol. The second-order valence-electron chi connectivity index (χ2n) is 1.97. The van der Waals surface area contributed by atoms with Crippen LogP contribution in [0.4, 0.5) is 0 Å². The summed E-state index contributed by atoms with van der Waals surface area (Å²) in [7, 11) is 5.80. The molecule has 0 aliphatic heterocycles. The van der Waals surface area contributed by atoms with E-state index in [4.69, 9.17) is 44.8 Å². The fourth-order valence-electron chi connectivity index (χ4n) is 0. The second kappa shape index (κ2) is 2.75. The molecule has 0 unspecified atom stereocenters. The Morgan fingerprint density at radius 1 is 1.12 bits per heavy atom. The molecule has 0 amide bonds. The number of hydrogen-bond donors (Lipinski definition) is 0. The first-order chi connectivity index (χ1) is 3.25. The van der Waals surface area contributed by atoms with Crippen molar-refractivity contribution in [1.29, 1.82) is 0 Å². The molecule has 0 aromatic carbocycles. The quantitative estimate of drug-likeness (QED) is 0.461. The van der Waals surface area contributed by atoms with E-state index in [0.717, 1.165) is 0 Å². The average molecular weight is 257 g/mol. The van der Waals surface area contributed by atoms with Gasteiger partial charge in [0.2, 0.25) is 0 Å². The number of hydrogen-bond acceptors (Lipinski definition) is 0. The molecule has 0 N–H and O–H groups in total. The summed E-state index contributed by atoms with van der Waals surface area (Å²) >= 11 is 13.9. The van der Waals surface area contributed by atoms with Gasteiger partial charge in [0.25, 0.3) is 0 Å². The fourth-order valence-corrected chi connectivity index (χ4v) is 0. The minimum absolute atomic E-state index is 1.19. The first-order valence-corrected chi connectivity index (χ1v) is 11.1. The number of alkyl halides is 3. The molecule has 0 saturated heterocycles. The van der Waals surface area contributed by atoms with Gasteiger partial charge in [0.05, 0.1) is 0 Å². The molecule has 0 aliphatic carbocycles. The summed E-state index contributed by atoms with van der Waals surface area (Å²) in [5.74, 6) is 3.66. The topological polar surface area (TPSA) is 0 Å². The van der Waals surface area contributed by atoms with E-state index in [9.17, 15) is 0 Å². The molecule has 0 nitrogen and oxygen atoms in total. The van der Waals surface area contributed by atoms with Crippen LogP contribution >= 0.6 is 44.8 Å². The van der Waals surface area contributed by atoms with Crippen molar-refractivity contribution in [2.45, 2.75) is 14.1 Å². The Kier molecular flexibility index (Phi) is 3.34. The molecule has 0 aromatic heterocycles. The van der Waals surface area contributed by atoms with Gasteiger partial charge in [-0.15, -0.1) is 0 Å². The van der Waals surface area contributed by atoms with Gasteiger partial charge in [-0.2, -0.15) is 0 Å².